The molecule has 0 amide bonds. The van der Waals surface area contributed by atoms with Crippen LogP contribution in [0.15, 0.2) is 28.7 Å². The summed E-state index contributed by atoms with van der Waals surface area (Å²) < 4.78 is 14.0. The number of aliphatic hydroxyl groups excluding tert-OH is 1. The van der Waals surface area contributed by atoms with Crippen molar-refractivity contribution in [3.05, 3.63) is 55.4 Å². The van der Waals surface area contributed by atoms with Crippen LogP contribution in [0.2, 0.25) is 0 Å². The van der Waals surface area contributed by atoms with Crippen molar-refractivity contribution < 1.29 is 9.50 Å². The first-order valence-electron chi connectivity index (χ1n) is 5.66. The number of thiophene rings is 1. The Bertz CT molecular complexity index is 545. The molecule has 0 saturated carbocycles. The van der Waals surface area contributed by atoms with E-state index in [-0.39, 0.29) is 5.82 Å². The van der Waals surface area contributed by atoms with Gasteiger partial charge in [-0.05, 0) is 59.1 Å². The van der Waals surface area contributed by atoms with Gasteiger partial charge in [-0.2, -0.15) is 0 Å². The molecule has 0 aliphatic carbocycles. The molecule has 1 N–H and O–H groups in total. The van der Waals surface area contributed by atoms with Gasteiger partial charge < -0.3 is 5.11 Å². The van der Waals surface area contributed by atoms with Crippen molar-refractivity contribution in [1.82, 2.24) is 0 Å². The second kappa shape index (κ2) is 5.51. The van der Waals surface area contributed by atoms with Crippen LogP contribution in [0.1, 0.15) is 27.0 Å². The van der Waals surface area contributed by atoms with Crippen LogP contribution in [0, 0.1) is 19.7 Å². The first-order chi connectivity index (χ1) is 8.47. The molecular weight excluding hydrogens is 315 g/mol. The zero-order chi connectivity index (χ0) is 13.3. The molecule has 2 aromatic rings. The van der Waals surface area contributed by atoms with E-state index in [4.69, 9.17) is 0 Å². The lowest BCUT2D eigenvalue weighted by atomic mass is 10.0. The second-order valence-corrected chi connectivity index (χ2v) is 6.49. The van der Waals surface area contributed by atoms with Crippen LogP contribution >= 0.6 is 27.3 Å². The summed E-state index contributed by atoms with van der Waals surface area (Å²) in [7, 11) is 0. The molecule has 1 atom stereocenters. The Morgan fingerprint density at radius 1 is 1.33 bits per heavy atom. The van der Waals surface area contributed by atoms with Crippen molar-refractivity contribution in [2.24, 2.45) is 0 Å². The summed E-state index contributed by atoms with van der Waals surface area (Å²) in [6.07, 6.45) is -0.0254. The van der Waals surface area contributed by atoms with E-state index >= 15 is 0 Å². The minimum atomic E-state index is -0.538. The van der Waals surface area contributed by atoms with Crippen LogP contribution in [-0.2, 0) is 6.42 Å². The van der Waals surface area contributed by atoms with E-state index in [1.807, 2.05) is 19.9 Å². The molecule has 1 heterocycles. The molecule has 1 nitrogen and oxygen atoms in total. The van der Waals surface area contributed by atoms with Crippen molar-refractivity contribution in [3.8, 4) is 0 Å². The third kappa shape index (κ3) is 2.99. The summed E-state index contributed by atoms with van der Waals surface area (Å²) >= 11 is 5.02. The molecule has 0 aliphatic heterocycles. The lowest BCUT2D eigenvalue weighted by Crippen LogP contribution is -2.01. The average molecular weight is 329 g/mol. The molecule has 96 valence electrons. The standard InChI is InChI=1S/C14H14BrFOS/c1-8-5-11(16)4-3-10(8)6-13(17)14-7-12(15)9(2)18-14/h3-5,7,13,17H,6H2,1-2H3. The van der Waals surface area contributed by atoms with E-state index in [1.165, 1.54) is 12.1 Å². The molecule has 1 aromatic heterocycles. The van der Waals surface area contributed by atoms with Gasteiger partial charge in [-0.25, -0.2) is 4.39 Å². The Kier molecular flexibility index (Phi) is 4.20. The third-order valence-corrected chi connectivity index (χ3v) is 5.16. The minimum Gasteiger partial charge on any atom is -0.387 e. The normalized spacial score (nSPS) is 12.7. The van der Waals surface area contributed by atoms with Crippen molar-refractivity contribution in [2.75, 3.05) is 0 Å². The van der Waals surface area contributed by atoms with E-state index < -0.39 is 6.10 Å². The molecule has 0 aliphatic rings. The number of rotatable bonds is 3. The fourth-order valence-corrected chi connectivity index (χ4v) is 3.39. The lowest BCUT2D eigenvalue weighted by Gasteiger charge is -2.11. The summed E-state index contributed by atoms with van der Waals surface area (Å²) in [5.41, 5.74) is 1.85. The van der Waals surface area contributed by atoms with Crippen LogP contribution < -0.4 is 0 Å². The Morgan fingerprint density at radius 3 is 2.61 bits per heavy atom. The van der Waals surface area contributed by atoms with Crippen LogP contribution in [0.3, 0.4) is 0 Å². The van der Waals surface area contributed by atoms with Gasteiger partial charge >= 0.3 is 0 Å². The van der Waals surface area contributed by atoms with Gasteiger partial charge in [0.1, 0.15) is 5.82 Å². The SMILES string of the molecule is Cc1cc(F)ccc1CC(O)c1cc(Br)c(C)s1. The van der Waals surface area contributed by atoms with Gasteiger partial charge in [0.25, 0.3) is 0 Å². The molecule has 2 rings (SSSR count). The van der Waals surface area contributed by atoms with Crippen LogP contribution in [0.4, 0.5) is 4.39 Å². The first kappa shape index (κ1) is 13.7. The maximum Gasteiger partial charge on any atom is 0.123 e. The fraction of sp³-hybridized carbons (Fsp3) is 0.286. The zero-order valence-corrected chi connectivity index (χ0v) is 12.6. The summed E-state index contributed by atoms with van der Waals surface area (Å²) in [5, 5.41) is 10.2. The number of aliphatic hydroxyl groups is 1. The van der Waals surface area contributed by atoms with Gasteiger partial charge in [-0.15, -0.1) is 11.3 Å². The van der Waals surface area contributed by atoms with Gasteiger partial charge in [0.2, 0.25) is 0 Å². The number of hydrogen-bond acceptors (Lipinski definition) is 2. The molecule has 0 saturated heterocycles. The summed E-state index contributed by atoms with van der Waals surface area (Å²) in [6.45, 7) is 3.87. The zero-order valence-electron chi connectivity index (χ0n) is 10.2. The number of halogens is 2. The highest BCUT2D eigenvalue weighted by Crippen LogP contribution is 2.32. The highest BCUT2D eigenvalue weighted by molar-refractivity contribution is 9.10. The molecule has 0 radical (unpaired) electrons. The average Bonchev–Trinajstić information content (AvgIpc) is 2.63. The van der Waals surface area contributed by atoms with Crippen LogP contribution in [-0.4, -0.2) is 5.11 Å². The summed E-state index contributed by atoms with van der Waals surface area (Å²) in [5.74, 6) is -0.236. The second-order valence-electron chi connectivity index (χ2n) is 4.34. The molecule has 18 heavy (non-hydrogen) atoms. The van der Waals surface area contributed by atoms with E-state index in [0.29, 0.717) is 6.42 Å². The topological polar surface area (TPSA) is 20.2 Å². The maximum atomic E-state index is 13.0. The van der Waals surface area contributed by atoms with Crippen molar-refractivity contribution in [3.63, 3.8) is 0 Å². The molecule has 0 bridgehead atoms. The summed E-state index contributed by atoms with van der Waals surface area (Å²) in [6, 6.07) is 6.62. The maximum absolute atomic E-state index is 13.0. The molecule has 1 unspecified atom stereocenters. The molecule has 1 aromatic carbocycles. The smallest absolute Gasteiger partial charge is 0.123 e. The number of aryl methyl sites for hydroxylation is 2. The highest BCUT2D eigenvalue weighted by atomic mass is 79.9. The largest absolute Gasteiger partial charge is 0.387 e. The van der Waals surface area contributed by atoms with Crippen LogP contribution in [0.5, 0.6) is 0 Å². The Balaban J connectivity index is 2.18. The molecule has 4 heteroatoms. The number of benzene rings is 1. The molecular formula is C14H14BrFOS. The van der Waals surface area contributed by atoms with Gasteiger partial charge in [0.15, 0.2) is 0 Å². The predicted molar refractivity (Wildman–Crippen MR) is 76.6 cm³/mol. The van der Waals surface area contributed by atoms with Gasteiger partial charge in [-0.1, -0.05) is 6.07 Å². The van der Waals surface area contributed by atoms with Gasteiger partial charge in [0, 0.05) is 20.6 Å². The Morgan fingerprint density at radius 2 is 2.06 bits per heavy atom. The Hall–Kier alpha value is -0.710. The highest BCUT2D eigenvalue weighted by Gasteiger charge is 2.14. The van der Waals surface area contributed by atoms with E-state index in [1.54, 1.807) is 17.4 Å². The Labute approximate surface area is 118 Å². The van der Waals surface area contributed by atoms with Crippen molar-refractivity contribution in [2.45, 2.75) is 26.4 Å². The quantitative estimate of drug-likeness (QED) is 0.876. The predicted octanol–water partition coefficient (Wildman–Crippen LogP) is 4.54. The lowest BCUT2D eigenvalue weighted by molar-refractivity contribution is 0.182. The van der Waals surface area contributed by atoms with Crippen molar-refractivity contribution in [1.29, 1.82) is 0 Å². The van der Waals surface area contributed by atoms with Gasteiger partial charge in [0.05, 0.1) is 6.10 Å². The molecule has 0 fully saturated rings. The monoisotopic (exact) mass is 328 g/mol. The first-order valence-corrected chi connectivity index (χ1v) is 7.27. The van der Waals surface area contributed by atoms with Gasteiger partial charge in [-0.3, -0.25) is 0 Å². The number of hydrogen-bond donors (Lipinski definition) is 1. The third-order valence-electron chi connectivity index (χ3n) is 2.92. The summed E-state index contributed by atoms with van der Waals surface area (Å²) in [4.78, 5) is 2.09. The van der Waals surface area contributed by atoms with Crippen LogP contribution in [0.25, 0.3) is 0 Å². The van der Waals surface area contributed by atoms with E-state index in [2.05, 4.69) is 15.9 Å². The van der Waals surface area contributed by atoms with E-state index in [0.717, 1.165) is 25.4 Å². The van der Waals surface area contributed by atoms with E-state index in [9.17, 15) is 9.50 Å². The van der Waals surface area contributed by atoms with Crippen molar-refractivity contribution >= 4 is 27.3 Å². The molecule has 0 spiro atoms. The minimum absolute atomic E-state index is 0.236. The fourth-order valence-electron chi connectivity index (χ4n) is 1.84.